The Hall–Kier alpha value is -1.50. The van der Waals surface area contributed by atoms with Crippen LogP contribution in [0.25, 0.3) is 0 Å². The van der Waals surface area contributed by atoms with E-state index in [4.69, 9.17) is 9.84 Å². The first-order valence-corrected chi connectivity index (χ1v) is 7.59. The fourth-order valence-electron chi connectivity index (χ4n) is 2.09. The summed E-state index contributed by atoms with van der Waals surface area (Å²) in [5.41, 5.74) is 0.889. The molecule has 0 fully saturated rings. The molecule has 1 rings (SSSR count). The largest absolute Gasteiger partial charge is 0.492 e. The van der Waals surface area contributed by atoms with Crippen molar-refractivity contribution in [2.75, 3.05) is 26.3 Å². The van der Waals surface area contributed by atoms with E-state index in [0.29, 0.717) is 18.6 Å². The number of aliphatic hydroxyl groups is 1. The lowest BCUT2D eigenvalue weighted by molar-refractivity contribution is 0.160. The maximum Gasteiger partial charge on any atom is 0.119 e. The van der Waals surface area contributed by atoms with Crippen LogP contribution in [0.5, 0.6) is 5.75 Å². The first kappa shape index (κ1) is 17.6. The van der Waals surface area contributed by atoms with Crippen molar-refractivity contribution in [1.82, 2.24) is 4.90 Å². The summed E-state index contributed by atoms with van der Waals surface area (Å²) in [5.74, 6) is 7.02. The van der Waals surface area contributed by atoms with Gasteiger partial charge in [0, 0.05) is 24.7 Å². The highest BCUT2D eigenvalue weighted by atomic mass is 16.5. The summed E-state index contributed by atoms with van der Waals surface area (Å²) in [6, 6.07) is 8.19. The standard InChI is InChI=1S/C18H27NO2/c1-15(2)14-19(16(3)4)11-13-21-18-9-7-17(8-10-18)6-5-12-20/h7-10,15-16,20H,11-14H2,1-4H3. The van der Waals surface area contributed by atoms with Gasteiger partial charge in [-0.1, -0.05) is 25.7 Å². The Morgan fingerprint density at radius 3 is 2.33 bits per heavy atom. The minimum absolute atomic E-state index is 0.112. The topological polar surface area (TPSA) is 32.7 Å². The van der Waals surface area contributed by atoms with Crippen molar-refractivity contribution in [3.63, 3.8) is 0 Å². The molecule has 3 nitrogen and oxygen atoms in total. The van der Waals surface area contributed by atoms with Gasteiger partial charge < -0.3 is 9.84 Å². The monoisotopic (exact) mass is 289 g/mol. The van der Waals surface area contributed by atoms with Crippen molar-refractivity contribution < 1.29 is 9.84 Å². The molecule has 0 unspecified atom stereocenters. The van der Waals surface area contributed by atoms with Crippen LogP contribution in [0, 0.1) is 17.8 Å². The maximum atomic E-state index is 8.65. The minimum Gasteiger partial charge on any atom is -0.492 e. The van der Waals surface area contributed by atoms with Gasteiger partial charge in [-0.3, -0.25) is 4.90 Å². The Morgan fingerprint density at radius 1 is 1.14 bits per heavy atom. The molecule has 0 aromatic heterocycles. The molecule has 116 valence electrons. The van der Waals surface area contributed by atoms with Gasteiger partial charge in [0.2, 0.25) is 0 Å². The van der Waals surface area contributed by atoms with Crippen LogP contribution < -0.4 is 4.74 Å². The number of aliphatic hydroxyl groups excluding tert-OH is 1. The van der Waals surface area contributed by atoms with Gasteiger partial charge in [0.25, 0.3) is 0 Å². The molecule has 0 amide bonds. The van der Waals surface area contributed by atoms with Crippen molar-refractivity contribution in [2.24, 2.45) is 5.92 Å². The molecule has 1 N–H and O–H groups in total. The van der Waals surface area contributed by atoms with Gasteiger partial charge in [-0.05, 0) is 44.0 Å². The summed E-state index contributed by atoms with van der Waals surface area (Å²) in [6.45, 7) is 11.5. The van der Waals surface area contributed by atoms with E-state index in [1.54, 1.807) is 0 Å². The van der Waals surface area contributed by atoms with Crippen LogP contribution in [0.2, 0.25) is 0 Å². The highest BCUT2D eigenvalue weighted by Crippen LogP contribution is 2.12. The van der Waals surface area contributed by atoms with E-state index >= 15 is 0 Å². The molecular weight excluding hydrogens is 262 g/mol. The van der Waals surface area contributed by atoms with Gasteiger partial charge in [-0.25, -0.2) is 0 Å². The van der Waals surface area contributed by atoms with Crippen LogP contribution in [0.15, 0.2) is 24.3 Å². The molecule has 0 radical (unpaired) electrons. The van der Waals surface area contributed by atoms with Gasteiger partial charge in [-0.15, -0.1) is 0 Å². The summed E-state index contributed by atoms with van der Waals surface area (Å²) in [7, 11) is 0. The average Bonchev–Trinajstić information content (AvgIpc) is 2.44. The smallest absolute Gasteiger partial charge is 0.119 e. The third-order valence-electron chi connectivity index (χ3n) is 3.14. The highest BCUT2D eigenvalue weighted by molar-refractivity contribution is 5.38. The molecular formula is C18H27NO2. The molecule has 0 aliphatic rings. The second kappa shape index (κ2) is 9.44. The van der Waals surface area contributed by atoms with Crippen molar-refractivity contribution in [3.05, 3.63) is 29.8 Å². The number of rotatable bonds is 7. The van der Waals surface area contributed by atoms with E-state index in [1.165, 1.54) is 0 Å². The predicted molar refractivity (Wildman–Crippen MR) is 87.4 cm³/mol. The number of ether oxygens (including phenoxy) is 1. The summed E-state index contributed by atoms with van der Waals surface area (Å²) in [5, 5.41) is 8.65. The van der Waals surface area contributed by atoms with Crippen LogP contribution in [-0.2, 0) is 0 Å². The lowest BCUT2D eigenvalue weighted by Crippen LogP contribution is -2.37. The molecule has 0 aliphatic carbocycles. The van der Waals surface area contributed by atoms with Crippen molar-refractivity contribution in [1.29, 1.82) is 0 Å². The number of hydrogen-bond acceptors (Lipinski definition) is 3. The molecule has 0 aliphatic heterocycles. The first-order valence-electron chi connectivity index (χ1n) is 7.59. The zero-order valence-electron chi connectivity index (χ0n) is 13.6. The second-order valence-electron chi connectivity index (χ2n) is 5.82. The zero-order valence-corrected chi connectivity index (χ0v) is 13.6. The normalized spacial score (nSPS) is 10.9. The Morgan fingerprint density at radius 2 is 1.81 bits per heavy atom. The van der Waals surface area contributed by atoms with Crippen molar-refractivity contribution in [3.8, 4) is 17.6 Å². The predicted octanol–water partition coefficient (Wildman–Crippen LogP) is 2.78. The fraction of sp³-hybridized carbons (Fsp3) is 0.556. The molecule has 1 aromatic rings. The van der Waals surface area contributed by atoms with Gasteiger partial charge in [0.15, 0.2) is 0 Å². The van der Waals surface area contributed by atoms with Gasteiger partial charge in [0.1, 0.15) is 19.0 Å². The lowest BCUT2D eigenvalue weighted by atomic mass is 10.2. The van der Waals surface area contributed by atoms with Gasteiger partial charge in [-0.2, -0.15) is 0 Å². The lowest BCUT2D eigenvalue weighted by Gasteiger charge is -2.28. The maximum absolute atomic E-state index is 8.65. The van der Waals surface area contributed by atoms with Crippen LogP contribution in [0.4, 0.5) is 0 Å². The van der Waals surface area contributed by atoms with Crippen LogP contribution in [0.1, 0.15) is 33.3 Å². The van der Waals surface area contributed by atoms with E-state index in [-0.39, 0.29) is 6.61 Å². The van der Waals surface area contributed by atoms with E-state index in [2.05, 4.69) is 44.4 Å². The minimum atomic E-state index is -0.112. The van der Waals surface area contributed by atoms with Crippen molar-refractivity contribution >= 4 is 0 Å². The first-order chi connectivity index (χ1) is 10.0. The van der Waals surface area contributed by atoms with E-state index in [9.17, 15) is 0 Å². The molecule has 0 heterocycles. The van der Waals surface area contributed by atoms with Gasteiger partial charge >= 0.3 is 0 Å². The Kier molecular flexibility index (Phi) is 7.89. The van der Waals surface area contributed by atoms with E-state index < -0.39 is 0 Å². The Balaban J connectivity index is 2.43. The van der Waals surface area contributed by atoms with Crippen LogP contribution >= 0.6 is 0 Å². The zero-order chi connectivity index (χ0) is 15.7. The highest BCUT2D eigenvalue weighted by Gasteiger charge is 2.10. The number of nitrogens with zero attached hydrogens (tertiary/aromatic N) is 1. The second-order valence-corrected chi connectivity index (χ2v) is 5.82. The molecule has 3 heteroatoms. The van der Waals surface area contributed by atoms with Crippen molar-refractivity contribution in [2.45, 2.75) is 33.7 Å². The fourth-order valence-corrected chi connectivity index (χ4v) is 2.09. The van der Waals surface area contributed by atoms with E-state index in [1.807, 2.05) is 24.3 Å². The average molecular weight is 289 g/mol. The third-order valence-corrected chi connectivity index (χ3v) is 3.14. The van der Waals surface area contributed by atoms with E-state index in [0.717, 1.165) is 24.4 Å². The molecule has 21 heavy (non-hydrogen) atoms. The quantitative estimate of drug-likeness (QED) is 0.784. The summed E-state index contributed by atoms with van der Waals surface area (Å²) in [4.78, 5) is 2.44. The summed E-state index contributed by atoms with van der Waals surface area (Å²) >= 11 is 0. The Bertz CT molecular complexity index is 454. The third kappa shape index (κ3) is 7.17. The summed E-state index contributed by atoms with van der Waals surface area (Å²) < 4.78 is 5.79. The molecule has 0 spiro atoms. The van der Waals surface area contributed by atoms with Crippen LogP contribution in [-0.4, -0.2) is 42.4 Å². The number of hydrogen-bond donors (Lipinski definition) is 1. The molecule has 0 saturated heterocycles. The molecule has 0 saturated carbocycles. The molecule has 0 bridgehead atoms. The number of benzene rings is 1. The molecule has 0 atom stereocenters. The van der Waals surface area contributed by atoms with Gasteiger partial charge in [0.05, 0.1) is 0 Å². The summed E-state index contributed by atoms with van der Waals surface area (Å²) in [6.07, 6.45) is 0. The molecule has 1 aromatic carbocycles. The SMILES string of the molecule is CC(C)CN(CCOc1ccc(C#CCO)cc1)C(C)C. The Labute approximate surface area is 128 Å². The van der Waals surface area contributed by atoms with Crippen LogP contribution in [0.3, 0.4) is 0 Å².